The third-order valence-electron chi connectivity index (χ3n) is 4.18. The van der Waals surface area contributed by atoms with E-state index in [4.69, 9.17) is 4.74 Å². The maximum atomic E-state index is 6.22. The van der Waals surface area contributed by atoms with Crippen LogP contribution in [0.4, 0.5) is 0 Å². The molecule has 1 aliphatic heterocycles. The molecule has 1 aliphatic rings. The van der Waals surface area contributed by atoms with E-state index >= 15 is 0 Å². The molecule has 0 saturated carbocycles. The van der Waals surface area contributed by atoms with Crippen molar-refractivity contribution in [3.63, 3.8) is 0 Å². The second-order valence-corrected chi connectivity index (χ2v) is 6.25. The Bertz CT molecular complexity index is 641. The molecule has 2 nitrogen and oxygen atoms in total. The number of fused-ring (bicyclic) bond motifs is 2. The number of hydrogen-bond acceptors (Lipinski definition) is 2. The molecule has 0 bridgehead atoms. The van der Waals surface area contributed by atoms with Gasteiger partial charge in [0, 0.05) is 23.7 Å². The summed E-state index contributed by atoms with van der Waals surface area (Å²) in [5.41, 5.74) is 3.85. The lowest BCUT2D eigenvalue weighted by Crippen LogP contribution is -2.23. The summed E-state index contributed by atoms with van der Waals surface area (Å²) in [4.78, 5) is 0. The van der Waals surface area contributed by atoms with Gasteiger partial charge < -0.3 is 10.1 Å². The van der Waals surface area contributed by atoms with Crippen molar-refractivity contribution in [2.24, 2.45) is 0 Å². The van der Waals surface area contributed by atoms with Gasteiger partial charge in [0.2, 0.25) is 0 Å². The van der Waals surface area contributed by atoms with Gasteiger partial charge in [-0.3, -0.25) is 0 Å². The summed E-state index contributed by atoms with van der Waals surface area (Å²) in [6.45, 7) is 3.07. The first-order chi connectivity index (χ1) is 10.2. The zero-order valence-electron chi connectivity index (χ0n) is 12.4. The van der Waals surface area contributed by atoms with Crippen LogP contribution in [0.5, 0.6) is 11.5 Å². The number of nitrogens with one attached hydrogen (secondary N) is 1. The highest BCUT2D eigenvalue weighted by atomic mass is 79.9. The van der Waals surface area contributed by atoms with Crippen molar-refractivity contribution < 1.29 is 4.74 Å². The fourth-order valence-electron chi connectivity index (χ4n) is 3.15. The van der Waals surface area contributed by atoms with Crippen LogP contribution in [0.25, 0.3) is 0 Å². The Morgan fingerprint density at radius 2 is 1.81 bits per heavy atom. The quantitative estimate of drug-likeness (QED) is 0.822. The Morgan fingerprint density at radius 3 is 2.57 bits per heavy atom. The minimum absolute atomic E-state index is 0.397. The van der Waals surface area contributed by atoms with E-state index in [-0.39, 0.29) is 0 Å². The van der Waals surface area contributed by atoms with E-state index in [0.29, 0.717) is 11.8 Å². The fourth-order valence-corrected chi connectivity index (χ4v) is 3.95. The van der Waals surface area contributed by atoms with Crippen molar-refractivity contribution in [2.45, 2.75) is 18.8 Å². The van der Waals surface area contributed by atoms with Gasteiger partial charge in [-0.05, 0) is 37.2 Å². The van der Waals surface area contributed by atoms with Crippen LogP contribution in [0, 0.1) is 6.92 Å². The van der Waals surface area contributed by atoms with E-state index in [0.717, 1.165) is 23.4 Å². The van der Waals surface area contributed by atoms with Crippen LogP contribution in [0.2, 0.25) is 0 Å². The largest absolute Gasteiger partial charge is 0.457 e. The van der Waals surface area contributed by atoms with Crippen LogP contribution in [0.1, 0.15) is 28.5 Å². The van der Waals surface area contributed by atoms with Gasteiger partial charge in [-0.1, -0.05) is 51.8 Å². The number of aryl methyl sites for hydroxylation is 1. The number of halogens is 1. The lowest BCUT2D eigenvalue weighted by Gasteiger charge is -2.25. The van der Waals surface area contributed by atoms with Crippen molar-refractivity contribution in [2.75, 3.05) is 18.9 Å². The molecule has 1 heterocycles. The van der Waals surface area contributed by atoms with Crippen LogP contribution in [0.15, 0.2) is 42.5 Å². The smallest absolute Gasteiger partial charge is 0.130 e. The molecule has 2 atom stereocenters. The molecule has 0 fully saturated rings. The molecule has 110 valence electrons. The minimum atomic E-state index is 0.397. The third-order valence-corrected chi connectivity index (χ3v) is 4.88. The van der Waals surface area contributed by atoms with Crippen molar-refractivity contribution >= 4 is 15.9 Å². The first-order valence-electron chi connectivity index (χ1n) is 7.32. The summed E-state index contributed by atoms with van der Waals surface area (Å²) in [6.07, 6.45) is 0. The number of likely N-dealkylation sites (N-methyl/N-ethyl adjacent to an activating group) is 1. The monoisotopic (exact) mass is 345 g/mol. The van der Waals surface area contributed by atoms with Crippen LogP contribution in [0.3, 0.4) is 0 Å². The molecule has 3 rings (SSSR count). The molecular weight excluding hydrogens is 326 g/mol. The summed E-state index contributed by atoms with van der Waals surface area (Å²) in [5.74, 6) is 2.76. The zero-order valence-corrected chi connectivity index (χ0v) is 14.0. The molecule has 0 radical (unpaired) electrons. The average Bonchev–Trinajstić information content (AvgIpc) is 2.62. The number of rotatable bonds is 3. The Balaban J connectivity index is 2.19. The molecule has 2 aromatic carbocycles. The second-order valence-electron chi connectivity index (χ2n) is 5.61. The minimum Gasteiger partial charge on any atom is -0.457 e. The SMILES string of the molecule is CNC[C@H]1c2ccccc2Oc2ccc(C)cc2[C@@H]1CBr. The highest BCUT2D eigenvalue weighted by Gasteiger charge is 2.31. The standard InChI is InChI=1S/C18H20BrNO/c1-12-7-8-18-14(9-12)15(10-19)16(11-20-2)13-5-3-4-6-17(13)21-18/h3-9,15-16,20H,10-11H2,1-2H3/t15-,16-/m0/s1. The van der Waals surface area contributed by atoms with Crippen molar-refractivity contribution in [3.05, 3.63) is 59.2 Å². The Labute approximate surface area is 134 Å². The van der Waals surface area contributed by atoms with Crippen LogP contribution in [-0.4, -0.2) is 18.9 Å². The maximum absolute atomic E-state index is 6.22. The number of hydrogen-bond donors (Lipinski definition) is 1. The third kappa shape index (κ3) is 2.72. The first kappa shape index (κ1) is 14.6. The highest BCUT2D eigenvalue weighted by molar-refractivity contribution is 9.09. The van der Waals surface area contributed by atoms with E-state index in [1.165, 1.54) is 16.7 Å². The molecule has 0 saturated heterocycles. The molecule has 0 spiro atoms. The van der Waals surface area contributed by atoms with Gasteiger partial charge in [0.15, 0.2) is 0 Å². The highest BCUT2D eigenvalue weighted by Crippen LogP contribution is 2.46. The zero-order chi connectivity index (χ0) is 14.8. The van der Waals surface area contributed by atoms with E-state index in [1.807, 2.05) is 13.1 Å². The molecule has 21 heavy (non-hydrogen) atoms. The summed E-state index contributed by atoms with van der Waals surface area (Å²) in [5, 5.41) is 4.26. The molecule has 2 aromatic rings. The predicted octanol–water partition coefficient (Wildman–Crippen LogP) is 4.58. The van der Waals surface area contributed by atoms with Crippen molar-refractivity contribution in [1.29, 1.82) is 0 Å². The van der Waals surface area contributed by atoms with E-state index in [9.17, 15) is 0 Å². The van der Waals surface area contributed by atoms with Gasteiger partial charge in [-0.2, -0.15) is 0 Å². The van der Waals surface area contributed by atoms with Crippen LogP contribution < -0.4 is 10.1 Å². The molecule has 0 aliphatic carbocycles. The number of ether oxygens (including phenoxy) is 1. The topological polar surface area (TPSA) is 21.3 Å². The Hall–Kier alpha value is -1.32. The lowest BCUT2D eigenvalue weighted by molar-refractivity contribution is 0.477. The average molecular weight is 346 g/mol. The van der Waals surface area contributed by atoms with Gasteiger partial charge in [-0.25, -0.2) is 0 Å². The normalized spacial score (nSPS) is 20.1. The van der Waals surface area contributed by atoms with Crippen LogP contribution >= 0.6 is 15.9 Å². The van der Waals surface area contributed by atoms with E-state index < -0.39 is 0 Å². The van der Waals surface area contributed by atoms with E-state index in [2.05, 4.69) is 64.6 Å². The maximum Gasteiger partial charge on any atom is 0.130 e. The van der Waals surface area contributed by atoms with Gasteiger partial charge in [0.05, 0.1) is 0 Å². The van der Waals surface area contributed by atoms with Gasteiger partial charge >= 0.3 is 0 Å². The molecule has 3 heteroatoms. The summed E-state index contributed by atoms with van der Waals surface area (Å²) >= 11 is 3.72. The molecule has 0 unspecified atom stereocenters. The number of para-hydroxylation sites is 1. The molecule has 1 N–H and O–H groups in total. The Morgan fingerprint density at radius 1 is 1.05 bits per heavy atom. The molecular formula is C18H20BrNO. The van der Waals surface area contributed by atoms with Gasteiger partial charge in [0.25, 0.3) is 0 Å². The molecule has 0 aromatic heterocycles. The summed E-state index contributed by atoms with van der Waals surface area (Å²) in [6, 6.07) is 14.9. The van der Waals surface area contributed by atoms with Gasteiger partial charge in [-0.15, -0.1) is 0 Å². The van der Waals surface area contributed by atoms with Crippen molar-refractivity contribution in [1.82, 2.24) is 5.32 Å². The second kappa shape index (κ2) is 6.20. The Kier molecular flexibility index (Phi) is 4.32. The summed E-state index contributed by atoms with van der Waals surface area (Å²) < 4.78 is 6.22. The fraction of sp³-hybridized carbons (Fsp3) is 0.333. The van der Waals surface area contributed by atoms with Crippen LogP contribution in [-0.2, 0) is 0 Å². The van der Waals surface area contributed by atoms with Crippen molar-refractivity contribution in [3.8, 4) is 11.5 Å². The van der Waals surface area contributed by atoms with Gasteiger partial charge in [0.1, 0.15) is 11.5 Å². The first-order valence-corrected chi connectivity index (χ1v) is 8.44. The number of benzene rings is 2. The molecule has 0 amide bonds. The number of alkyl halides is 1. The summed E-state index contributed by atoms with van der Waals surface area (Å²) in [7, 11) is 2.01. The predicted molar refractivity (Wildman–Crippen MR) is 90.9 cm³/mol. The lowest BCUT2D eigenvalue weighted by atomic mass is 9.82. The van der Waals surface area contributed by atoms with E-state index in [1.54, 1.807) is 0 Å².